The molecule has 2 aromatic rings. The van der Waals surface area contributed by atoms with E-state index in [1.54, 1.807) is 7.11 Å². The van der Waals surface area contributed by atoms with Crippen LogP contribution in [0, 0.1) is 0 Å². The van der Waals surface area contributed by atoms with E-state index in [1.807, 2.05) is 24.3 Å². The fraction of sp³-hybridized carbons (Fsp3) is 0.389. The molecular formula is C18H23N5O2. The second-order valence-corrected chi connectivity index (χ2v) is 5.91. The SMILES string of the molecule is COCCNc1ncc(C(=O)Nc2ccc(N3CCCC3)cc2)cn1. The number of aromatic nitrogens is 2. The molecule has 1 aromatic carbocycles. The summed E-state index contributed by atoms with van der Waals surface area (Å²) in [5.74, 6) is 0.251. The van der Waals surface area contributed by atoms with Crippen molar-refractivity contribution in [2.75, 3.05) is 48.9 Å². The molecule has 1 aliphatic rings. The fourth-order valence-corrected chi connectivity index (χ4v) is 2.74. The number of methoxy groups -OCH3 is 1. The maximum Gasteiger partial charge on any atom is 0.258 e. The molecular weight excluding hydrogens is 318 g/mol. The predicted molar refractivity (Wildman–Crippen MR) is 98.2 cm³/mol. The Balaban J connectivity index is 1.56. The first-order valence-corrected chi connectivity index (χ1v) is 8.47. The van der Waals surface area contributed by atoms with Crippen molar-refractivity contribution < 1.29 is 9.53 Å². The van der Waals surface area contributed by atoms with Crippen LogP contribution >= 0.6 is 0 Å². The highest BCUT2D eigenvalue weighted by Crippen LogP contribution is 2.22. The van der Waals surface area contributed by atoms with E-state index in [9.17, 15) is 4.79 Å². The standard InChI is InChI=1S/C18H23N5O2/c1-25-11-8-19-18-20-12-14(13-21-18)17(24)22-15-4-6-16(7-5-15)23-9-2-3-10-23/h4-7,12-13H,2-3,8-11H2,1H3,(H,22,24)(H,19,20,21). The molecule has 2 N–H and O–H groups in total. The van der Waals surface area contributed by atoms with Gasteiger partial charge in [-0.2, -0.15) is 0 Å². The molecule has 1 aromatic heterocycles. The molecule has 0 radical (unpaired) electrons. The van der Waals surface area contributed by atoms with Gasteiger partial charge in [-0.25, -0.2) is 9.97 Å². The number of nitrogens with one attached hydrogen (secondary N) is 2. The van der Waals surface area contributed by atoms with E-state index in [4.69, 9.17) is 4.74 Å². The van der Waals surface area contributed by atoms with Gasteiger partial charge in [-0.15, -0.1) is 0 Å². The average molecular weight is 341 g/mol. The van der Waals surface area contributed by atoms with Crippen LogP contribution < -0.4 is 15.5 Å². The third-order valence-corrected chi connectivity index (χ3v) is 4.10. The van der Waals surface area contributed by atoms with Crippen molar-refractivity contribution in [1.29, 1.82) is 0 Å². The molecule has 0 unspecified atom stereocenters. The molecule has 3 rings (SSSR count). The number of rotatable bonds is 7. The van der Waals surface area contributed by atoms with Gasteiger partial charge < -0.3 is 20.3 Å². The smallest absolute Gasteiger partial charge is 0.258 e. The molecule has 2 heterocycles. The molecule has 0 aliphatic carbocycles. The van der Waals surface area contributed by atoms with E-state index in [2.05, 4.69) is 25.5 Å². The minimum atomic E-state index is -0.225. The van der Waals surface area contributed by atoms with Crippen LogP contribution in [-0.2, 0) is 4.74 Å². The number of carbonyl (C=O) groups excluding carboxylic acids is 1. The second kappa shape index (κ2) is 8.43. The topological polar surface area (TPSA) is 79.4 Å². The quantitative estimate of drug-likeness (QED) is 0.753. The van der Waals surface area contributed by atoms with Crippen LogP contribution in [0.3, 0.4) is 0 Å². The molecule has 0 saturated carbocycles. The number of hydrogen-bond acceptors (Lipinski definition) is 6. The minimum absolute atomic E-state index is 0.225. The first-order valence-electron chi connectivity index (χ1n) is 8.47. The first kappa shape index (κ1) is 17.2. The molecule has 1 saturated heterocycles. The van der Waals surface area contributed by atoms with Crippen LogP contribution in [0.1, 0.15) is 23.2 Å². The minimum Gasteiger partial charge on any atom is -0.383 e. The highest BCUT2D eigenvalue weighted by molar-refractivity contribution is 6.03. The van der Waals surface area contributed by atoms with Crippen LogP contribution in [0.2, 0.25) is 0 Å². The van der Waals surface area contributed by atoms with Crippen molar-refractivity contribution >= 4 is 23.2 Å². The van der Waals surface area contributed by atoms with Gasteiger partial charge in [-0.05, 0) is 37.1 Å². The van der Waals surface area contributed by atoms with Crippen molar-refractivity contribution in [3.63, 3.8) is 0 Å². The van der Waals surface area contributed by atoms with Gasteiger partial charge in [0.2, 0.25) is 5.95 Å². The Bertz CT molecular complexity index is 682. The van der Waals surface area contributed by atoms with Gasteiger partial charge in [0.1, 0.15) is 0 Å². The zero-order chi connectivity index (χ0) is 17.5. The Labute approximate surface area is 147 Å². The van der Waals surface area contributed by atoms with E-state index in [0.29, 0.717) is 24.7 Å². The summed E-state index contributed by atoms with van der Waals surface area (Å²) in [5, 5.41) is 5.88. The number of hydrogen-bond donors (Lipinski definition) is 2. The van der Waals surface area contributed by atoms with E-state index in [1.165, 1.54) is 30.9 Å². The van der Waals surface area contributed by atoms with Crippen LogP contribution in [-0.4, -0.2) is 49.2 Å². The summed E-state index contributed by atoms with van der Waals surface area (Å²) >= 11 is 0. The van der Waals surface area contributed by atoms with Crippen LogP contribution in [0.25, 0.3) is 0 Å². The van der Waals surface area contributed by atoms with Gasteiger partial charge in [0.15, 0.2) is 0 Å². The molecule has 1 aliphatic heterocycles. The highest BCUT2D eigenvalue weighted by Gasteiger charge is 2.12. The summed E-state index contributed by atoms with van der Waals surface area (Å²) in [4.78, 5) is 22.9. The lowest BCUT2D eigenvalue weighted by atomic mass is 10.2. The van der Waals surface area contributed by atoms with Gasteiger partial charge in [0, 0.05) is 50.5 Å². The zero-order valence-electron chi connectivity index (χ0n) is 14.4. The van der Waals surface area contributed by atoms with Crippen molar-refractivity contribution in [2.24, 2.45) is 0 Å². The zero-order valence-corrected chi connectivity index (χ0v) is 14.4. The van der Waals surface area contributed by atoms with Gasteiger partial charge in [-0.1, -0.05) is 0 Å². The van der Waals surface area contributed by atoms with E-state index < -0.39 is 0 Å². The number of benzene rings is 1. The number of amides is 1. The summed E-state index contributed by atoms with van der Waals surface area (Å²) in [6.45, 7) is 3.39. The Morgan fingerprint density at radius 3 is 2.48 bits per heavy atom. The van der Waals surface area contributed by atoms with Crippen molar-refractivity contribution in [3.8, 4) is 0 Å². The summed E-state index contributed by atoms with van der Waals surface area (Å²) in [6.07, 6.45) is 5.51. The summed E-state index contributed by atoms with van der Waals surface area (Å²) < 4.78 is 4.95. The molecule has 1 fully saturated rings. The number of carbonyl (C=O) groups is 1. The third-order valence-electron chi connectivity index (χ3n) is 4.10. The third kappa shape index (κ3) is 4.67. The predicted octanol–water partition coefficient (Wildman–Crippen LogP) is 2.39. The van der Waals surface area contributed by atoms with Gasteiger partial charge in [0.25, 0.3) is 5.91 Å². The van der Waals surface area contributed by atoms with Gasteiger partial charge in [-0.3, -0.25) is 4.79 Å². The van der Waals surface area contributed by atoms with Gasteiger partial charge in [0.05, 0.1) is 12.2 Å². The Hall–Kier alpha value is -2.67. The molecule has 1 amide bonds. The van der Waals surface area contributed by atoms with Crippen LogP contribution in [0.15, 0.2) is 36.7 Å². The molecule has 0 atom stereocenters. The summed E-state index contributed by atoms with van der Waals surface area (Å²) in [7, 11) is 1.63. The second-order valence-electron chi connectivity index (χ2n) is 5.91. The lowest BCUT2D eigenvalue weighted by Gasteiger charge is -2.17. The average Bonchev–Trinajstić information content (AvgIpc) is 3.18. The summed E-state index contributed by atoms with van der Waals surface area (Å²) in [6, 6.07) is 7.93. The Kier molecular flexibility index (Phi) is 5.79. The highest BCUT2D eigenvalue weighted by atomic mass is 16.5. The largest absolute Gasteiger partial charge is 0.383 e. The van der Waals surface area contributed by atoms with E-state index in [-0.39, 0.29) is 5.91 Å². The Morgan fingerprint density at radius 1 is 1.16 bits per heavy atom. The molecule has 0 spiro atoms. The van der Waals surface area contributed by atoms with Crippen molar-refractivity contribution in [3.05, 3.63) is 42.2 Å². The first-order chi connectivity index (χ1) is 12.3. The Morgan fingerprint density at radius 2 is 1.84 bits per heavy atom. The number of ether oxygens (including phenoxy) is 1. The fourth-order valence-electron chi connectivity index (χ4n) is 2.74. The summed E-state index contributed by atoms with van der Waals surface area (Å²) in [5.41, 5.74) is 2.38. The maximum atomic E-state index is 12.3. The van der Waals surface area contributed by atoms with Crippen LogP contribution in [0.5, 0.6) is 0 Å². The molecule has 25 heavy (non-hydrogen) atoms. The van der Waals surface area contributed by atoms with E-state index >= 15 is 0 Å². The monoisotopic (exact) mass is 341 g/mol. The maximum absolute atomic E-state index is 12.3. The van der Waals surface area contributed by atoms with Crippen molar-refractivity contribution in [1.82, 2.24) is 9.97 Å². The molecule has 7 heteroatoms. The van der Waals surface area contributed by atoms with Crippen LogP contribution in [0.4, 0.5) is 17.3 Å². The van der Waals surface area contributed by atoms with Crippen molar-refractivity contribution in [2.45, 2.75) is 12.8 Å². The van der Waals surface area contributed by atoms with E-state index in [0.717, 1.165) is 18.8 Å². The normalized spacial score (nSPS) is 13.7. The lowest BCUT2D eigenvalue weighted by molar-refractivity contribution is 0.102. The lowest BCUT2D eigenvalue weighted by Crippen LogP contribution is -2.17. The molecule has 132 valence electrons. The molecule has 0 bridgehead atoms. The number of nitrogens with zero attached hydrogens (tertiary/aromatic N) is 3. The molecule has 7 nitrogen and oxygen atoms in total. The number of anilines is 3. The van der Waals surface area contributed by atoms with Gasteiger partial charge >= 0.3 is 0 Å².